The summed E-state index contributed by atoms with van der Waals surface area (Å²) in [6.45, 7) is 0.0945. The van der Waals surface area contributed by atoms with Crippen molar-refractivity contribution in [1.29, 1.82) is 0 Å². The first-order valence-electron chi connectivity index (χ1n) is 5.99. The number of methoxy groups -OCH3 is 2. The van der Waals surface area contributed by atoms with Gasteiger partial charge in [0.1, 0.15) is 11.8 Å². The minimum atomic E-state index is -0.806. The molecule has 1 rings (SSSR count). The number of nitrogens with one attached hydrogen (secondary N) is 2. The Bertz CT molecular complexity index is 491. The maximum Gasteiger partial charge on any atom is 0.253 e. The first kappa shape index (κ1) is 15.9. The van der Waals surface area contributed by atoms with Crippen molar-refractivity contribution in [3.05, 3.63) is 23.8 Å². The number of nitrogens with two attached hydrogens (primary N) is 1. The van der Waals surface area contributed by atoms with Crippen LogP contribution in [0.1, 0.15) is 10.4 Å². The summed E-state index contributed by atoms with van der Waals surface area (Å²) < 4.78 is 9.87. The zero-order valence-corrected chi connectivity index (χ0v) is 11.7. The zero-order chi connectivity index (χ0) is 15.1. The van der Waals surface area contributed by atoms with Crippen LogP contribution in [0.25, 0.3) is 0 Å². The van der Waals surface area contributed by atoms with E-state index in [0.717, 1.165) is 0 Å². The summed E-state index contributed by atoms with van der Waals surface area (Å²) in [5, 5.41) is 5.10. The van der Waals surface area contributed by atoms with Crippen LogP contribution in [0.4, 0.5) is 5.69 Å². The molecule has 0 saturated heterocycles. The van der Waals surface area contributed by atoms with Crippen molar-refractivity contribution < 1.29 is 19.1 Å². The van der Waals surface area contributed by atoms with Gasteiger partial charge in [0.2, 0.25) is 5.91 Å². The van der Waals surface area contributed by atoms with Crippen LogP contribution in [-0.4, -0.2) is 45.7 Å². The highest BCUT2D eigenvalue weighted by molar-refractivity contribution is 6.05. The topological polar surface area (TPSA) is 103 Å². The summed E-state index contributed by atoms with van der Waals surface area (Å²) in [6.07, 6.45) is 0. The Morgan fingerprint density at radius 1 is 1.35 bits per heavy atom. The molecule has 0 heterocycles. The average molecular weight is 281 g/mol. The van der Waals surface area contributed by atoms with Gasteiger partial charge in [-0.1, -0.05) is 0 Å². The molecule has 110 valence electrons. The van der Waals surface area contributed by atoms with E-state index in [2.05, 4.69) is 10.6 Å². The Labute approximate surface area is 117 Å². The molecule has 0 bridgehead atoms. The molecule has 7 heteroatoms. The molecule has 0 aromatic heterocycles. The maximum atomic E-state index is 11.8. The van der Waals surface area contributed by atoms with Crippen molar-refractivity contribution >= 4 is 17.5 Å². The van der Waals surface area contributed by atoms with Gasteiger partial charge in [-0.25, -0.2) is 0 Å². The minimum Gasteiger partial charge on any atom is -0.497 e. The van der Waals surface area contributed by atoms with Crippen molar-refractivity contribution in [2.75, 3.05) is 33.2 Å². The van der Waals surface area contributed by atoms with Crippen molar-refractivity contribution in [2.45, 2.75) is 6.04 Å². The van der Waals surface area contributed by atoms with Crippen LogP contribution in [0, 0.1) is 0 Å². The number of ether oxygens (including phenoxy) is 2. The van der Waals surface area contributed by atoms with Crippen LogP contribution in [0.5, 0.6) is 5.75 Å². The fraction of sp³-hybridized carbons (Fsp3) is 0.385. The lowest BCUT2D eigenvalue weighted by Gasteiger charge is -2.14. The summed E-state index contributed by atoms with van der Waals surface area (Å²) in [7, 11) is 4.45. The molecule has 0 radical (unpaired) electrons. The normalized spacial score (nSPS) is 11.6. The van der Waals surface area contributed by atoms with Crippen LogP contribution in [0.3, 0.4) is 0 Å². The van der Waals surface area contributed by atoms with E-state index in [4.69, 9.17) is 15.2 Å². The van der Waals surface area contributed by atoms with Crippen molar-refractivity contribution in [3.8, 4) is 5.75 Å². The third-order valence-corrected chi connectivity index (χ3v) is 2.64. The Morgan fingerprint density at radius 3 is 2.60 bits per heavy atom. The lowest BCUT2D eigenvalue weighted by atomic mass is 10.1. The van der Waals surface area contributed by atoms with E-state index in [1.165, 1.54) is 27.3 Å². The molecule has 4 N–H and O–H groups in total. The van der Waals surface area contributed by atoms with Gasteiger partial charge in [-0.15, -0.1) is 0 Å². The van der Waals surface area contributed by atoms with E-state index in [9.17, 15) is 9.59 Å². The van der Waals surface area contributed by atoms with Crippen molar-refractivity contribution in [3.63, 3.8) is 0 Å². The molecule has 0 aliphatic rings. The van der Waals surface area contributed by atoms with Gasteiger partial charge >= 0.3 is 0 Å². The summed E-state index contributed by atoms with van der Waals surface area (Å²) in [5.41, 5.74) is 6.29. The van der Waals surface area contributed by atoms with Gasteiger partial charge in [-0.2, -0.15) is 0 Å². The summed E-state index contributed by atoms with van der Waals surface area (Å²) >= 11 is 0. The SMILES string of the molecule is CNC(=O)c1cc(OC)ccc1NC(=O)C(N)COC. The van der Waals surface area contributed by atoms with Crippen molar-refractivity contribution in [2.24, 2.45) is 5.73 Å². The van der Waals surface area contributed by atoms with Gasteiger partial charge in [0, 0.05) is 14.2 Å². The molecule has 0 aliphatic carbocycles. The second-order valence-electron chi connectivity index (χ2n) is 4.04. The molecule has 0 aliphatic heterocycles. The Hall–Kier alpha value is -2.12. The predicted octanol–water partition coefficient (Wildman–Crippen LogP) is -0.0330. The number of anilines is 1. The Kier molecular flexibility index (Phi) is 5.95. The second kappa shape index (κ2) is 7.46. The first-order valence-corrected chi connectivity index (χ1v) is 5.99. The van der Waals surface area contributed by atoms with Crippen LogP contribution in [-0.2, 0) is 9.53 Å². The molecule has 0 spiro atoms. The summed E-state index contributed by atoms with van der Waals surface area (Å²) in [5.74, 6) is -0.246. The lowest BCUT2D eigenvalue weighted by molar-refractivity contribution is -0.118. The zero-order valence-electron chi connectivity index (χ0n) is 11.7. The Morgan fingerprint density at radius 2 is 2.05 bits per heavy atom. The maximum absolute atomic E-state index is 11.8. The third-order valence-electron chi connectivity index (χ3n) is 2.64. The number of hydrogen-bond donors (Lipinski definition) is 3. The van der Waals surface area contributed by atoms with E-state index in [1.807, 2.05) is 0 Å². The van der Waals surface area contributed by atoms with Gasteiger partial charge < -0.3 is 25.8 Å². The molecule has 7 nitrogen and oxygen atoms in total. The monoisotopic (exact) mass is 281 g/mol. The molecule has 1 unspecified atom stereocenters. The van der Waals surface area contributed by atoms with Gasteiger partial charge in [-0.3, -0.25) is 9.59 Å². The fourth-order valence-corrected chi connectivity index (χ4v) is 1.56. The van der Waals surface area contributed by atoms with Crippen molar-refractivity contribution in [1.82, 2.24) is 5.32 Å². The van der Waals surface area contributed by atoms with E-state index < -0.39 is 11.9 Å². The van der Waals surface area contributed by atoms with E-state index in [1.54, 1.807) is 12.1 Å². The molecule has 1 atom stereocenters. The summed E-state index contributed by atoms with van der Waals surface area (Å²) in [6, 6.07) is 3.96. The lowest BCUT2D eigenvalue weighted by Crippen LogP contribution is -2.39. The van der Waals surface area contributed by atoms with Crippen LogP contribution in [0.2, 0.25) is 0 Å². The smallest absolute Gasteiger partial charge is 0.253 e. The largest absolute Gasteiger partial charge is 0.497 e. The van der Waals surface area contributed by atoms with E-state index >= 15 is 0 Å². The van der Waals surface area contributed by atoms with E-state index in [0.29, 0.717) is 17.0 Å². The number of carbonyl (C=O) groups is 2. The highest BCUT2D eigenvalue weighted by Gasteiger charge is 2.17. The van der Waals surface area contributed by atoms with E-state index in [-0.39, 0.29) is 12.5 Å². The number of benzene rings is 1. The molecule has 1 aromatic carbocycles. The molecule has 20 heavy (non-hydrogen) atoms. The summed E-state index contributed by atoms with van der Waals surface area (Å²) in [4.78, 5) is 23.6. The highest BCUT2D eigenvalue weighted by atomic mass is 16.5. The fourth-order valence-electron chi connectivity index (χ4n) is 1.56. The molecular formula is C13H19N3O4. The predicted molar refractivity (Wildman–Crippen MR) is 74.9 cm³/mol. The standard InChI is InChI=1S/C13H19N3O4/c1-15-12(17)9-6-8(20-3)4-5-11(9)16-13(18)10(14)7-19-2/h4-6,10H,7,14H2,1-3H3,(H,15,17)(H,16,18). The van der Waals surface area contributed by atoms with Crippen LogP contribution < -0.4 is 21.1 Å². The third kappa shape index (κ3) is 3.94. The molecule has 0 saturated carbocycles. The average Bonchev–Trinajstić information content (AvgIpc) is 2.46. The quantitative estimate of drug-likeness (QED) is 0.679. The number of amides is 2. The van der Waals surface area contributed by atoms with Gasteiger partial charge in [0.05, 0.1) is 25.0 Å². The molecule has 1 aromatic rings. The number of carbonyl (C=O) groups excluding carboxylic acids is 2. The minimum absolute atomic E-state index is 0.0945. The molecule has 2 amide bonds. The van der Waals surface area contributed by atoms with Gasteiger partial charge in [0.15, 0.2) is 0 Å². The van der Waals surface area contributed by atoms with Crippen LogP contribution in [0.15, 0.2) is 18.2 Å². The number of hydrogen-bond acceptors (Lipinski definition) is 5. The van der Waals surface area contributed by atoms with Gasteiger partial charge in [-0.05, 0) is 18.2 Å². The molecule has 0 fully saturated rings. The van der Waals surface area contributed by atoms with Gasteiger partial charge in [0.25, 0.3) is 5.91 Å². The van der Waals surface area contributed by atoms with Crippen LogP contribution >= 0.6 is 0 Å². The number of rotatable bonds is 6. The molecular weight excluding hydrogens is 262 g/mol. The highest BCUT2D eigenvalue weighted by Crippen LogP contribution is 2.22. The second-order valence-corrected chi connectivity index (χ2v) is 4.04. The Balaban J connectivity index is 2.99. The first-order chi connectivity index (χ1) is 9.53.